The van der Waals surface area contributed by atoms with E-state index in [9.17, 15) is 4.79 Å². The van der Waals surface area contributed by atoms with Gasteiger partial charge in [0.2, 0.25) is 5.75 Å². The number of hydrogen-bond donors (Lipinski definition) is 1. The summed E-state index contributed by atoms with van der Waals surface area (Å²) in [7, 11) is 0. The minimum Gasteiger partial charge on any atom is -0.490 e. The lowest BCUT2D eigenvalue weighted by molar-refractivity contribution is 0.0954. The van der Waals surface area contributed by atoms with E-state index in [-0.39, 0.29) is 0 Å². The average Bonchev–Trinajstić information content (AvgIpc) is 3.11. The fourth-order valence-corrected chi connectivity index (χ4v) is 2.10. The number of carbonyl (C=O) groups is 1. The number of nitrogens with zero attached hydrogens (tertiary/aromatic N) is 1. The summed E-state index contributed by atoms with van der Waals surface area (Å²) in [5, 5.41) is 3.87. The van der Waals surface area contributed by atoms with Crippen LogP contribution in [0.2, 0.25) is 0 Å². The molecule has 1 aromatic heterocycles. The second kappa shape index (κ2) is 9.36. The van der Waals surface area contributed by atoms with Gasteiger partial charge in [-0.05, 0) is 45.0 Å². The van der Waals surface area contributed by atoms with Crippen LogP contribution in [-0.2, 0) is 0 Å². The molecule has 1 heterocycles. The smallest absolute Gasteiger partial charge is 0.271 e. The fourth-order valence-electron chi connectivity index (χ4n) is 2.10. The molecular formula is C18H22N2O5. The molecule has 25 heavy (non-hydrogen) atoms. The Hall–Kier alpha value is -2.96. The van der Waals surface area contributed by atoms with Gasteiger partial charge in [-0.3, -0.25) is 4.79 Å². The zero-order chi connectivity index (χ0) is 18.1. The minimum atomic E-state index is -0.396. The van der Waals surface area contributed by atoms with Crippen LogP contribution >= 0.6 is 0 Å². The van der Waals surface area contributed by atoms with Gasteiger partial charge < -0.3 is 18.6 Å². The van der Waals surface area contributed by atoms with E-state index >= 15 is 0 Å². The lowest BCUT2D eigenvalue weighted by Gasteiger charge is -2.16. The molecular weight excluding hydrogens is 324 g/mol. The third-order valence-corrected chi connectivity index (χ3v) is 3.07. The second-order valence-electron chi connectivity index (χ2n) is 4.82. The van der Waals surface area contributed by atoms with Crippen molar-refractivity contribution in [2.45, 2.75) is 20.8 Å². The summed E-state index contributed by atoms with van der Waals surface area (Å²) in [5.74, 6) is 1.54. The summed E-state index contributed by atoms with van der Waals surface area (Å²) < 4.78 is 21.9. The van der Waals surface area contributed by atoms with Gasteiger partial charge in [-0.1, -0.05) is 0 Å². The predicted octanol–water partition coefficient (Wildman–Crippen LogP) is 3.24. The van der Waals surface area contributed by atoms with Crippen molar-refractivity contribution in [3.8, 4) is 17.2 Å². The Bertz CT molecular complexity index is 683. The lowest BCUT2D eigenvalue weighted by Crippen LogP contribution is -2.18. The van der Waals surface area contributed by atoms with Gasteiger partial charge in [0.05, 0.1) is 32.3 Å². The number of nitrogens with one attached hydrogen (secondary N) is 1. The van der Waals surface area contributed by atoms with E-state index in [1.807, 2.05) is 20.8 Å². The van der Waals surface area contributed by atoms with E-state index in [4.69, 9.17) is 18.6 Å². The van der Waals surface area contributed by atoms with E-state index < -0.39 is 5.91 Å². The standard InChI is InChI=1S/C18H22N2O5/c1-4-22-15-10-13(11-16(23-5-2)17(15)24-6-3)18(21)20-19-12-14-8-7-9-25-14/h7-12H,4-6H2,1-3H3,(H,20,21)/b19-12-. The monoisotopic (exact) mass is 346 g/mol. The van der Waals surface area contributed by atoms with Gasteiger partial charge in [0, 0.05) is 5.56 Å². The van der Waals surface area contributed by atoms with Gasteiger partial charge in [-0.15, -0.1) is 0 Å². The van der Waals surface area contributed by atoms with Crippen LogP contribution in [0.3, 0.4) is 0 Å². The van der Waals surface area contributed by atoms with Crippen LogP contribution in [0.1, 0.15) is 36.9 Å². The third kappa shape index (κ3) is 5.00. The van der Waals surface area contributed by atoms with Crippen LogP contribution in [0.25, 0.3) is 0 Å². The van der Waals surface area contributed by atoms with E-state index in [0.29, 0.717) is 48.4 Å². The number of amides is 1. The van der Waals surface area contributed by atoms with E-state index in [1.54, 1.807) is 24.3 Å². The summed E-state index contributed by atoms with van der Waals surface area (Å²) in [6.07, 6.45) is 2.94. The van der Waals surface area contributed by atoms with E-state index in [0.717, 1.165) is 0 Å². The maximum atomic E-state index is 12.3. The SMILES string of the molecule is CCOc1cc(C(=O)N/N=C\c2ccco2)cc(OCC)c1OCC. The number of benzene rings is 1. The molecule has 0 bridgehead atoms. The van der Waals surface area contributed by atoms with Crippen LogP contribution in [0.4, 0.5) is 0 Å². The molecule has 0 saturated carbocycles. The first-order valence-electron chi connectivity index (χ1n) is 8.12. The number of hydrazone groups is 1. The molecule has 1 aromatic carbocycles. The number of hydrogen-bond acceptors (Lipinski definition) is 6. The second-order valence-corrected chi connectivity index (χ2v) is 4.82. The Balaban J connectivity index is 2.24. The molecule has 0 unspecified atom stereocenters. The molecule has 0 atom stereocenters. The van der Waals surface area contributed by atoms with Gasteiger partial charge in [0.15, 0.2) is 11.5 Å². The molecule has 0 radical (unpaired) electrons. The number of rotatable bonds is 9. The van der Waals surface area contributed by atoms with Gasteiger partial charge in [-0.25, -0.2) is 5.43 Å². The normalized spacial score (nSPS) is 10.7. The fraction of sp³-hybridized carbons (Fsp3) is 0.333. The van der Waals surface area contributed by atoms with Crippen molar-refractivity contribution < 1.29 is 23.4 Å². The molecule has 0 saturated heterocycles. The van der Waals surface area contributed by atoms with Crippen LogP contribution < -0.4 is 19.6 Å². The van der Waals surface area contributed by atoms with Crippen molar-refractivity contribution in [1.82, 2.24) is 5.43 Å². The number of carbonyl (C=O) groups excluding carboxylic acids is 1. The van der Waals surface area contributed by atoms with Crippen LogP contribution in [0, 0.1) is 0 Å². The summed E-state index contributed by atoms with van der Waals surface area (Å²) in [6, 6.07) is 6.68. The number of ether oxygens (including phenoxy) is 3. The molecule has 2 aromatic rings. The Kier molecular flexibility index (Phi) is 6.88. The zero-order valence-electron chi connectivity index (χ0n) is 14.6. The topological polar surface area (TPSA) is 82.3 Å². The van der Waals surface area contributed by atoms with E-state index in [1.165, 1.54) is 12.5 Å². The molecule has 0 aliphatic heterocycles. The highest BCUT2D eigenvalue weighted by Crippen LogP contribution is 2.39. The van der Waals surface area contributed by atoms with Gasteiger partial charge >= 0.3 is 0 Å². The molecule has 7 nitrogen and oxygen atoms in total. The Morgan fingerprint density at radius 1 is 1.12 bits per heavy atom. The largest absolute Gasteiger partial charge is 0.490 e. The molecule has 1 N–H and O–H groups in total. The summed E-state index contributed by atoms with van der Waals surface area (Å²) in [6.45, 7) is 6.92. The summed E-state index contributed by atoms with van der Waals surface area (Å²) in [5.41, 5.74) is 2.80. The average molecular weight is 346 g/mol. The van der Waals surface area contributed by atoms with Gasteiger partial charge in [0.1, 0.15) is 5.76 Å². The van der Waals surface area contributed by atoms with Crippen LogP contribution in [0.5, 0.6) is 17.2 Å². The maximum absolute atomic E-state index is 12.3. The van der Waals surface area contributed by atoms with Crippen molar-refractivity contribution in [3.63, 3.8) is 0 Å². The molecule has 0 aliphatic carbocycles. The highest BCUT2D eigenvalue weighted by atomic mass is 16.5. The van der Waals surface area contributed by atoms with Crippen LogP contribution in [0.15, 0.2) is 40.0 Å². The first-order chi connectivity index (χ1) is 12.2. The number of furan rings is 1. The Morgan fingerprint density at radius 3 is 2.28 bits per heavy atom. The molecule has 0 aliphatic rings. The van der Waals surface area contributed by atoms with Gasteiger partial charge in [0.25, 0.3) is 5.91 Å². The predicted molar refractivity (Wildman–Crippen MR) is 93.7 cm³/mol. The van der Waals surface area contributed by atoms with Crippen molar-refractivity contribution in [1.29, 1.82) is 0 Å². The van der Waals surface area contributed by atoms with Crippen molar-refractivity contribution >= 4 is 12.1 Å². The maximum Gasteiger partial charge on any atom is 0.271 e. The molecule has 2 rings (SSSR count). The quantitative estimate of drug-likeness (QED) is 0.557. The molecule has 134 valence electrons. The lowest BCUT2D eigenvalue weighted by atomic mass is 10.1. The molecule has 0 spiro atoms. The highest BCUT2D eigenvalue weighted by molar-refractivity contribution is 5.96. The molecule has 1 amide bonds. The Morgan fingerprint density at radius 2 is 1.76 bits per heavy atom. The third-order valence-electron chi connectivity index (χ3n) is 3.07. The van der Waals surface area contributed by atoms with Crippen LogP contribution in [-0.4, -0.2) is 31.9 Å². The van der Waals surface area contributed by atoms with Crippen molar-refractivity contribution in [2.24, 2.45) is 5.10 Å². The highest BCUT2D eigenvalue weighted by Gasteiger charge is 2.18. The van der Waals surface area contributed by atoms with Gasteiger partial charge in [-0.2, -0.15) is 5.10 Å². The molecule has 7 heteroatoms. The minimum absolute atomic E-state index is 0.354. The zero-order valence-corrected chi connectivity index (χ0v) is 14.6. The van der Waals surface area contributed by atoms with Crippen molar-refractivity contribution in [2.75, 3.05) is 19.8 Å². The Labute approximate surface area is 146 Å². The van der Waals surface area contributed by atoms with Crippen molar-refractivity contribution in [3.05, 3.63) is 41.9 Å². The first-order valence-corrected chi connectivity index (χ1v) is 8.12. The first kappa shape index (κ1) is 18.4. The summed E-state index contributed by atoms with van der Waals surface area (Å²) >= 11 is 0. The molecule has 0 fully saturated rings. The summed E-state index contributed by atoms with van der Waals surface area (Å²) in [4.78, 5) is 12.3. The van der Waals surface area contributed by atoms with E-state index in [2.05, 4.69) is 10.5 Å².